The van der Waals surface area contributed by atoms with Crippen LogP contribution in [0.25, 0.3) is 0 Å². The van der Waals surface area contributed by atoms with Gasteiger partial charge in [-0.15, -0.1) is 0 Å². The molecule has 0 aromatic rings. The smallest absolute Gasteiger partial charge is 0.0700 e. The minimum Gasteiger partial charge on any atom is -0.382 e. The van der Waals surface area contributed by atoms with Crippen molar-refractivity contribution < 1.29 is 9.47 Å². The van der Waals surface area contributed by atoms with Gasteiger partial charge in [-0.25, -0.2) is 0 Å². The minimum atomic E-state index is 0.474. The molecule has 0 aromatic heterocycles. The summed E-state index contributed by atoms with van der Waals surface area (Å²) in [7, 11) is 1.71. The van der Waals surface area contributed by atoms with Crippen LogP contribution >= 0.6 is 0 Å². The molecule has 0 saturated heterocycles. The maximum atomic E-state index is 5.50. The van der Waals surface area contributed by atoms with E-state index in [0.717, 1.165) is 32.1 Å². The Morgan fingerprint density at radius 3 is 2.55 bits per heavy atom. The number of rotatable bonds is 9. The van der Waals surface area contributed by atoms with E-state index in [4.69, 9.17) is 9.47 Å². The molecular formula is C17H33NO2. The van der Waals surface area contributed by atoms with Crippen LogP contribution in [0.4, 0.5) is 0 Å². The first-order valence-electron chi connectivity index (χ1n) is 8.31. The van der Waals surface area contributed by atoms with Crippen molar-refractivity contribution in [1.82, 2.24) is 5.32 Å². The topological polar surface area (TPSA) is 30.5 Å². The van der Waals surface area contributed by atoms with Gasteiger partial charge in [-0.1, -0.05) is 20.8 Å². The molecule has 0 aromatic carbocycles. The Labute approximate surface area is 124 Å². The van der Waals surface area contributed by atoms with Crippen molar-refractivity contribution in [3.05, 3.63) is 0 Å². The summed E-state index contributed by atoms with van der Waals surface area (Å²) in [6.07, 6.45) is 6.63. The molecule has 2 rings (SSSR count). The van der Waals surface area contributed by atoms with Crippen LogP contribution in [0.3, 0.4) is 0 Å². The Hall–Kier alpha value is -0.120. The molecule has 0 radical (unpaired) electrons. The van der Waals surface area contributed by atoms with E-state index in [1.807, 2.05) is 0 Å². The quantitative estimate of drug-likeness (QED) is 0.659. The van der Waals surface area contributed by atoms with Crippen LogP contribution in [0.15, 0.2) is 0 Å². The summed E-state index contributed by atoms with van der Waals surface area (Å²) in [5.74, 6) is 0.933. The van der Waals surface area contributed by atoms with Gasteiger partial charge < -0.3 is 14.8 Å². The number of hydrogen-bond donors (Lipinski definition) is 1. The van der Waals surface area contributed by atoms with Gasteiger partial charge in [-0.3, -0.25) is 0 Å². The largest absolute Gasteiger partial charge is 0.382 e. The normalized spacial score (nSPS) is 34.8. The standard InChI is InChI=1S/C17H33NO2/c1-16(2)14-7-8-17(3,13-14)15(16)18-9-5-6-10-20-12-11-19-4/h14-15,18H,5-13H2,1-4H3/t14-,15?,17+/m0/s1. The molecule has 1 unspecified atom stereocenters. The van der Waals surface area contributed by atoms with Crippen molar-refractivity contribution in [2.75, 3.05) is 33.5 Å². The van der Waals surface area contributed by atoms with E-state index in [-0.39, 0.29) is 0 Å². The Morgan fingerprint density at radius 2 is 1.90 bits per heavy atom. The lowest BCUT2D eigenvalue weighted by Crippen LogP contribution is -2.50. The van der Waals surface area contributed by atoms with Crippen molar-refractivity contribution in [2.24, 2.45) is 16.7 Å². The molecular weight excluding hydrogens is 250 g/mol. The molecule has 3 atom stereocenters. The number of ether oxygens (including phenoxy) is 2. The molecule has 2 fully saturated rings. The van der Waals surface area contributed by atoms with Gasteiger partial charge in [-0.2, -0.15) is 0 Å². The summed E-state index contributed by atoms with van der Waals surface area (Å²) in [5.41, 5.74) is 1.02. The lowest BCUT2D eigenvalue weighted by atomic mass is 9.68. The average Bonchev–Trinajstić information content (AvgIpc) is 2.87. The molecule has 1 N–H and O–H groups in total. The summed E-state index contributed by atoms with van der Waals surface area (Å²) in [5, 5.41) is 3.87. The Kier molecular flexibility index (Phi) is 5.49. The van der Waals surface area contributed by atoms with Crippen LogP contribution in [0.1, 0.15) is 52.9 Å². The molecule has 2 bridgehead atoms. The van der Waals surface area contributed by atoms with Crippen LogP contribution in [-0.4, -0.2) is 39.5 Å². The highest BCUT2D eigenvalue weighted by Crippen LogP contribution is 2.62. The van der Waals surface area contributed by atoms with Crippen LogP contribution in [-0.2, 0) is 9.47 Å². The van der Waals surface area contributed by atoms with Gasteiger partial charge in [-0.05, 0) is 55.4 Å². The Balaban J connectivity index is 1.62. The molecule has 0 heterocycles. The van der Waals surface area contributed by atoms with E-state index in [1.165, 1.54) is 25.7 Å². The second-order valence-electron chi connectivity index (χ2n) is 7.61. The predicted octanol–water partition coefficient (Wildman–Crippen LogP) is 3.23. The molecule has 2 aliphatic rings. The Bertz CT molecular complexity index is 301. The molecule has 0 aliphatic heterocycles. The van der Waals surface area contributed by atoms with Gasteiger partial charge in [0.1, 0.15) is 0 Å². The first kappa shape index (κ1) is 16.3. The van der Waals surface area contributed by atoms with Crippen LogP contribution < -0.4 is 5.32 Å². The fourth-order valence-electron chi connectivity index (χ4n) is 4.63. The third-order valence-electron chi connectivity index (χ3n) is 5.77. The summed E-state index contributed by atoms with van der Waals surface area (Å²) >= 11 is 0. The zero-order valence-corrected chi connectivity index (χ0v) is 13.8. The first-order valence-corrected chi connectivity index (χ1v) is 8.31. The molecule has 3 heteroatoms. The van der Waals surface area contributed by atoms with Crippen molar-refractivity contribution in [1.29, 1.82) is 0 Å². The summed E-state index contributed by atoms with van der Waals surface area (Å²) in [4.78, 5) is 0. The van der Waals surface area contributed by atoms with Gasteiger partial charge in [0.15, 0.2) is 0 Å². The fourth-order valence-corrected chi connectivity index (χ4v) is 4.63. The minimum absolute atomic E-state index is 0.474. The average molecular weight is 283 g/mol. The number of methoxy groups -OCH3 is 1. The molecule has 20 heavy (non-hydrogen) atoms. The third-order valence-corrected chi connectivity index (χ3v) is 5.77. The molecule has 0 amide bonds. The number of unbranched alkanes of at least 4 members (excludes halogenated alkanes) is 1. The second kappa shape index (κ2) is 6.76. The zero-order chi connectivity index (χ0) is 14.6. The lowest BCUT2D eigenvalue weighted by Gasteiger charge is -2.43. The summed E-state index contributed by atoms with van der Waals surface area (Å²) < 4.78 is 10.5. The van der Waals surface area contributed by atoms with Crippen LogP contribution in [0.5, 0.6) is 0 Å². The van der Waals surface area contributed by atoms with Gasteiger partial charge in [0.25, 0.3) is 0 Å². The molecule has 3 nitrogen and oxygen atoms in total. The van der Waals surface area contributed by atoms with Gasteiger partial charge in [0, 0.05) is 19.8 Å². The molecule has 2 saturated carbocycles. The van der Waals surface area contributed by atoms with E-state index in [0.29, 0.717) is 23.5 Å². The predicted molar refractivity (Wildman–Crippen MR) is 82.9 cm³/mol. The maximum Gasteiger partial charge on any atom is 0.0700 e. The number of hydrogen-bond acceptors (Lipinski definition) is 3. The molecule has 0 spiro atoms. The molecule has 2 aliphatic carbocycles. The van der Waals surface area contributed by atoms with E-state index in [9.17, 15) is 0 Å². The maximum absolute atomic E-state index is 5.50. The van der Waals surface area contributed by atoms with Gasteiger partial charge in [0.2, 0.25) is 0 Å². The van der Waals surface area contributed by atoms with Crippen molar-refractivity contribution in [3.63, 3.8) is 0 Å². The highest BCUT2D eigenvalue weighted by molar-refractivity contribution is 5.11. The zero-order valence-electron chi connectivity index (χ0n) is 13.8. The highest BCUT2D eigenvalue weighted by Gasteiger charge is 2.58. The van der Waals surface area contributed by atoms with Crippen molar-refractivity contribution >= 4 is 0 Å². The van der Waals surface area contributed by atoms with E-state index >= 15 is 0 Å². The van der Waals surface area contributed by atoms with Gasteiger partial charge in [0.05, 0.1) is 13.2 Å². The van der Waals surface area contributed by atoms with Crippen molar-refractivity contribution in [3.8, 4) is 0 Å². The third kappa shape index (κ3) is 3.37. The van der Waals surface area contributed by atoms with E-state index < -0.39 is 0 Å². The van der Waals surface area contributed by atoms with Gasteiger partial charge >= 0.3 is 0 Å². The van der Waals surface area contributed by atoms with Crippen LogP contribution in [0.2, 0.25) is 0 Å². The highest BCUT2D eigenvalue weighted by atomic mass is 16.5. The van der Waals surface area contributed by atoms with E-state index in [2.05, 4.69) is 26.1 Å². The molecule has 118 valence electrons. The Morgan fingerprint density at radius 1 is 1.10 bits per heavy atom. The first-order chi connectivity index (χ1) is 9.50. The number of fused-ring (bicyclic) bond motifs is 2. The summed E-state index contributed by atoms with van der Waals surface area (Å²) in [6.45, 7) is 10.8. The SMILES string of the molecule is COCCOCCCCNC1C(C)(C)[C@H]2CC[C@]1(C)C2. The van der Waals surface area contributed by atoms with Crippen LogP contribution in [0, 0.1) is 16.7 Å². The van der Waals surface area contributed by atoms with E-state index in [1.54, 1.807) is 7.11 Å². The second-order valence-corrected chi connectivity index (χ2v) is 7.61. The monoisotopic (exact) mass is 283 g/mol. The lowest BCUT2D eigenvalue weighted by molar-refractivity contribution is 0.0677. The van der Waals surface area contributed by atoms with Crippen molar-refractivity contribution in [2.45, 2.75) is 58.9 Å². The fraction of sp³-hybridized carbons (Fsp3) is 1.00. The summed E-state index contributed by atoms with van der Waals surface area (Å²) in [6, 6.07) is 0.697. The number of nitrogens with one attached hydrogen (secondary N) is 1.